The van der Waals surface area contributed by atoms with Crippen molar-refractivity contribution in [3.05, 3.63) is 41.0 Å². The second-order valence-electron chi connectivity index (χ2n) is 4.31. The number of nitrogens with one attached hydrogen (secondary N) is 1. The number of thioether (sulfide) groups is 1. The largest absolute Gasteiger partial charge is 0.415 e. The van der Waals surface area contributed by atoms with Crippen molar-refractivity contribution < 1.29 is 13.6 Å². The van der Waals surface area contributed by atoms with E-state index in [4.69, 9.17) is 10.2 Å². The van der Waals surface area contributed by atoms with E-state index < -0.39 is 0 Å². The molecule has 0 bridgehead atoms. The Hall–Kier alpha value is -1.93. The number of rotatable bonds is 6. The molecule has 1 heterocycles. The predicted octanol–water partition coefficient (Wildman–Crippen LogP) is 1.38. The second-order valence-corrected chi connectivity index (χ2v) is 5.24. The zero-order chi connectivity index (χ0) is 15.2. The van der Waals surface area contributed by atoms with Gasteiger partial charge < -0.3 is 15.5 Å². The first-order valence-electron chi connectivity index (χ1n) is 6.25. The van der Waals surface area contributed by atoms with Crippen LogP contribution in [0.4, 0.5) is 4.39 Å². The average molecular weight is 310 g/mol. The minimum Gasteiger partial charge on any atom is -0.415 e. The monoisotopic (exact) mass is 310 g/mol. The topological polar surface area (TPSA) is 94.0 Å². The van der Waals surface area contributed by atoms with Gasteiger partial charge in [-0.25, -0.2) is 4.39 Å². The molecule has 6 nitrogen and oxygen atoms in total. The van der Waals surface area contributed by atoms with E-state index >= 15 is 0 Å². The Morgan fingerprint density at radius 1 is 1.48 bits per heavy atom. The van der Waals surface area contributed by atoms with E-state index in [0.29, 0.717) is 23.2 Å². The molecule has 112 valence electrons. The molecule has 0 saturated heterocycles. The smallest absolute Gasteiger partial charge is 0.277 e. The van der Waals surface area contributed by atoms with Crippen molar-refractivity contribution in [1.82, 2.24) is 15.5 Å². The number of benzene rings is 1. The van der Waals surface area contributed by atoms with E-state index in [2.05, 4.69) is 15.5 Å². The standard InChI is InChI=1S/C13H15FN4O2S/c1-8-4-9(2-3-10(8)14)6-16-11(19)7-21-13-18-17-12(5-15)20-13/h2-4H,5-7,15H2,1H3,(H,16,19). The molecule has 1 aromatic carbocycles. The fourth-order valence-corrected chi connectivity index (χ4v) is 2.19. The molecule has 1 aromatic heterocycles. The zero-order valence-corrected chi connectivity index (χ0v) is 12.2. The minimum absolute atomic E-state index is 0.159. The number of hydrogen-bond donors (Lipinski definition) is 2. The SMILES string of the molecule is Cc1cc(CNC(=O)CSc2nnc(CN)o2)ccc1F. The maximum absolute atomic E-state index is 13.1. The molecule has 0 fully saturated rings. The van der Waals surface area contributed by atoms with Crippen LogP contribution in [0.5, 0.6) is 0 Å². The van der Waals surface area contributed by atoms with Gasteiger partial charge in [-0.15, -0.1) is 10.2 Å². The first-order chi connectivity index (χ1) is 10.1. The number of aromatic nitrogens is 2. The Labute approximate surface area is 125 Å². The molecular weight excluding hydrogens is 295 g/mol. The molecule has 0 atom stereocenters. The third-order valence-electron chi connectivity index (χ3n) is 2.66. The van der Waals surface area contributed by atoms with Crippen molar-refractivity contribution in [2.24, 2.45) is 5.73 Å². The Bertz CT molecular complexity index is 632. The molecule has 1 amide bonds. The lowest BCUT2D eigenvalue weighted by Crippen LogP contribution is -2.24. The molecule has 0 radical (unpaired) electrons. The third-order valence-corrected chi connectivity index (χ3v) is 3.48. The average Bonchev–Trinajstić information content (AvgIpc) is 2.94. The molecule has 0 saturated carbocycles. The van der Waals surface area contributed by atoms with Gasteiger partial charge in [-0.05, 0) is 24.1 Å². The molecule has 8 heteroatoms. The van der Waals surface area contributed by atoms with Gasteiger partial charge in [0, 0.05) is 6.54 Å². The van der Waals surface area contributed by atoms with E-state index in [1.165, 1.54) is 6.07 Å². The van der Waals surface area contributed by atoms with Crippen LogP contribution in [-0.4, -0.2) is 21.9 Å². The summed E-state index contributed by atoms with van der Waals surface area (Å²) in [6.07, 6.45) is 0. The quantitative estimate of drug-likeness (QED) is 0.783. The van der Waals surface area contributed by atoms with Gasteiger partial charge in [0.2, 0.25) is 11.8 Å². The number of aryl methyl sites for hydroxylation is 1. The van der Waals surface area contributed by atoms with Crippen LogP contribution in [0, 0.1) is 12.7 Å². The highest BCUT2D eigenvalue weighted by atomic mass is 32.2. The number of amides is 1. The first-order valence-corrected chi connectivity index (χ1v) is 7.24. The number of hydrogen-bond acceptors (Lipinski definition) is 6. The summed E-state index contributed by atoms with van der Waals surface area (Å²) in [6, 6.07) is 4.73. The van der Waals surface area contributed by atoms with Crippen LogP contribution < -0.4 is 11.1 Å². The summed E-state index contributed by atoms with van der Waals surface area (Å²) in [6.45, 7) is 2.20. The Morgan fingerprint density at radius 2 is 2.29 bits per heavy atom. The number of nitrogens with two attached hydrogens (primary N) is 1. The lowest BCUT2D eigenvalue weighted by atomic mass is 10.1. The van der Waals surface area contributed by atoms with E-state index in [0.717, 1.165) is 17.3 Å². The summed E-state index contributed by atoms with van der Waals surface area (Å²) >= 11 is 1.14. The predicted molar refractivity (Wildman–Crippen MR) is 75.9 cm³/mol. The van der Waals surface area contributed by atoms with Gasteiger partial charge in [0.05, 0.1) is 12.3 Å². The molecule has 21 heavy (non-hydrogen) atoms. The number of nitrogens with zero attached hydrogens (tertiary/aromatic N) is 2. The second kappa shape index (κ2) is 7.19. The number of carbonyl (C=O) groups excluding carboxylic acids is 1. The van der Waals surface area contributed by atoms with Crippen LogP contribution in [-0.2, 0) is 17.9 Å². The Kier molecular flexibility index (Phi) is 5.29. The van der Waals surface area contributed by atoms with Gasteiger partial charge in [0.15, 0.2) is 0 Å². The Balaban J connectivity index is 1.77. The van der Waals surface area contributed by atoms with E-state index in [1.807, 2.05) is 0 Å². The van der Waals surface area contributed by atoms with E-state index in [1.54, 1.807) is 19.1 Å². The van der Waals surface area contributed by atoms with E-state index in [-0.39, 0.29) is 24.0 Å². The van der Waals surface area contributed by atoms with Crippen molar-refractivity contribution in [1.29, 1.82) is 0 Å². The van der Waals surface area contributed by atoms with Gasteiger partial charge in [-0.2, -0.15) is 0 Å². The molecular formula is C13H15FN4O2S. The lowest BCUT2D eigenvalue weighted by molar-refractivity contribution is -0.118. The molecule has 0 aliphatic rings. The van der Waals surface area contributed by atoms with E-state index in [9.17, 15) is 9.18 Å². The molecule has 0 unspecified atom stereocenters. The van der Waals surface area contributed by atoms with Crippen molar-refractivity contribution in [2.45, 2.75) is 25.2 Å². The fraction of sp³-hybridized carbons (Fsp3) is 0.308. The maximum atomic E-state index is 13.1. The minimum atomic E-state index is -0.257. The summed E-state index contributed by atoms with van der Waals surface area (Å²) in [5, 5.41) is 10.5. The molecule has 0 aliphatic carbocycles. The summed E-state index contributed by atoms with van der Waals surface area (Å²) in [4.78, 5) is 11.7. The third kappa shape index (κ3) is 4.54. The molecule has 2 aromatic rings. The summed E-state index contributed by atoms with van der Waals surface area (Å²) < 4.78 is 18.3. The zero-order valence-electron chi connectivity index (χ0n) is 11.4. The lowest BCUT2D eigenvalue weighted by Gasteiger charge is -2.05. The van der Waals surface area contributed by atoms with Gasteiger partial charge in [0.25, 0.3) is 5.22 Å². The first kappa shape index (κ1) is 15.5. The van der Waals surface area contributed by atoms with Crippen molar-refractivity contribution in [3.8, 4) is 0 Å². The highest BCUT2D eigenvalue weighted by Gasteiger charge is 2.09. The van der Waals surface area contributed by atoms with Crippen molar-refractivity contribution in [2.75, 3.05) is 5.75 Å². The van der Waals surface area contributed by atoms with Crippen LogP contribution in [0.1, 0.15) is 17.0 Å². The molecule has 0 aliphatic heterocycles. The van der Waals surface area contributed by atoms with Crippen LogP contribution in [0.15, 0.2) is 27.8 Å². The number of halogens is 1. The van der Waals surface area contributed by atoms with Crippen LogP contribution in [0.3, 0.4) is 0 Å². The maximum Gasteiger partial charge on any atom is 0.277 e. The van der Waals surface area contributed by atoms with Crippen LogP contribution >= 0.6 is 11.8 Å². The van der Waals surface area contributed by atoms with Gasteiger partial charge in [-0.1, -0.05) is 23.9 Å². The number of carbonyl (C=O) groups is 1. The van der Waals surface area contributed by atoms with Crippen LogP contribution in [0.25, 0.3) is 0 Å². The van der Waals surface area contributed by atoms with Gasteiger partial charge >= 0.3 is 0 Å². The van der Waals surface area contributed by atoms with Gasteiger partial charge in [-0.3, -0.25) is 4.79 Å². The highest BCUT2D eigenvalue weighted by Crippen LogP contribution is 2.15. The summed E-state index contributed by atoms with van der Waals surface area (Å²) in [5.74, 6) is 0.0637. The van der Waals surface area contributed by atoms with Crippen molar-refractivity contribution in [3.63, 3.8) is 0 Å². The molecule has 2 rings (SSSR count). The summed E-state index contributed by atoms with van der Waals surface area (Å²) in [5.41, 5.74) is 6.74. The summed E-state index contributed by atoms with van der Waals surface area (Å²) in [7, 11) is 0. The molecule has 0 spiro atoms. The van der Waals surface area contributed by atoms with Gasteiger partial charge in [0.1, 0.15) is 5.82 Å². The fourth-order valence-electron chi connectivity index (χ4n) is 1.57. The highest BCUT2D eigenvalue weighted by molar-refractivity contribution is 7.99. The Morgan fingerprint density at radius 3 is 2.95 bits per heavy atom. The van der Waals surface area contributed by atoms with Crippen molar-refractivity contribution >= 4 is 17.7 Å². The molecule has 3 N–H and O–H groups in total. The van der Waals surface area contributed by atoms with Crippen LogP contribution in [0.2, 0.25) is 0 Å². The normalized spacial score (nSPS) is 10.6.